The molecule has 0 saturated heterocycles. The van der Waals surface area contributed by atoms with Gasteiger partial charge in [0.1, 0.15) is 0 Å². The molecule has 2 rings (SSSR count). The predicted molar refractivity (Wildman–Crippen MR) is 83.7 cm³/mol. The monoisotopic (exact) mass is 357 g/mol. The van der Waals surface area contributed by atoms with Crippen molar-refractivity contribution >= 4 is 33.9 Å². The van der Waals surface area contributed by atoms with Crippen LogP contribution in [0.15, 0.2) is 41.8 Å². The molecule has 0 aliphatic rings. The molecule has 1 aromatic heterocycles. The average molecular weight is 357 g/mol. The average Bonchev–Trinajstić information content (AvgIpc) is 2.84. The van der Waals surface area contributed by atoms with Crippen molar-refractivity contribution < 1.29 is 0 Å². The molecule has 1 unspecified atom stereocenters. The third-order valence-electron chi connectivity index (χ3n) is 2.83. The van der Waals surface area contributed by atoms with Crippen LogP contribution in [-0.2, 0) is 12.8 Å². The minimum Gasteiger partial charge on any atom is -0.316 e. The molecule has 0 saturated carbocycles. The van der Waals surface area contributed by atoms with Crippen molar-refractivity contribution in [2.45, 2.75) is 18.9 Å². The number of hydrogen-bond donors (Lipinski definition) is 1. The van der Waals surface area contributed by atoms with Crippen molar-refractivity contribution in [2.24, 2.45) is 0 Å². The zero-order valence-electron chi connectivity index (χ0n) is 9.82. The Labute approximate surface area is 120 Å². The van der Waals surface area contributed by atoms with Gasteiger partial charge in [0.25, 0.3) is 0 Å². The lowest BCUT2D eigenvalue weighted by molar-refractivity contribution is 0.560. The van der Waals surface area contributed by atoms with Crippen molar-refractivity contribution in [1.29, 1.82) is 0 Å². The first-order chi connectivity index (χ1) is 8.28. The van der Waals surface area contributed by atoms with E-state index < -0.39 is 0 Å². The van der Waals surface area contributed by atoms with Gasteiger partial charge in [0.2, 0.25) is 0 Å². The maximum absolute atomic E-state index is 3.41. The van der Waals surface area contributed by atoms with E-state index in [0.717, 1.165) is 12.8 Å². The fourth-order valence-corrected chi connectivity index (χ4v) is 3.00. The summed E-state index contributed by atoms with van der Waals surface area (Å²) in [5, 5.41) is 5.55. The van der Waals surface area contributed by atoms with Gasteiger partial charge in [0.15, 0.2) is 0 Å². The zero-order valence-corrected chi connectivity index (χ0v) is 12.8. The molecule has 3 heteroatoms. The highest BCUT2D eigenvalue weighted by molar-refractivity contribution is 14.1. The van der Waals surface area contributed by atoms with E-state index >= 15 is 0 Å². The topological polar surface area (TPSA) is 12.0 Å². The van der Waals surface area contributed by atoms with Crippen molar-refractivity contribution in [2.75, 3.05) is 7.05 Å². The van der Waals surface area contributed by atoms with Crippen molar-refractivity contribution in [3.8, 4) is 0 Å². The summed E-state index contributed by atoms with van der Waals surface area (Å²) >= 11 is 4.18. The van der Waals surface area contributed by atoms with E-state index in [1.54, 1.807) is 0 Å². The van der Waals surface area contributed by atoms with Crippen LogP contribution < -0.4 is 5.32 Å². The highest BCUT2D eigenvalue weighted by Gasteiger charge is 2.08. The first kappa shape index (κ1) is 13.1. The van der Waals surface area contributed by atoms with E-state index in [1.807, 2.05) is 18.4 Å². The molecule has 1 aromatic carbocycles. The molecule has 17 heavy (non-hydrogen) atoms. The van der Waals surface area contributed by atoms with Crippen LogP contribution in [0.5, 0.6) is 0 Å². The summed E-state index contributed by atoms with van der Waals surface area (Å²) < 4.78 is 1.30. The van der Waals surface area contributed by atoms with Crippen LogP contribution in [0.3, 0.4) is 0 Å². The van der Waals surface area contributed by atoms with Gasteiger partial charge in [0, 0.05) is 14.5 Å². The standard InChI is InChI=1S/C14H16INS/c1-16-13(10-14-3-2-8-17-14)9-11-4-6-12(15)7-5-11/h2-8,13,16H,9-10H2,1H3. The van der Waals surface area contributed by atoms with Crippen LogP contribution in [0, 0.1) is 3.57 Å². The molecule has 2 aromatic rings. The lowest BCUT2D eigenvalue weighted by Gasteiger charge is -2.15. The molecule has 0 amide bonds. The van der Waals surface area contributed by atoms with Crippen LogP contribution in [-0.4, -0.2) is 13.1 Å². The van der Waals surface area contributed by atoms with Gasteiger partial charge in [-0.05, 0) is 71.6 Å². The zero-order chi connectivity index (χ0) is 12.1. The van der Waals surface area contributed by atoms with Crippen molar-refractivity contribution in [3.05, 3.63) is 55.8 Å². The number of hydrogen-bond acceptors (Lipinski definition) is 2. The summed E-state index contributed by atoms with van der Waals surface area (Å²) in [5.74, 6) is 0. The number of halogens is 1. The lowest BCUT2D eigenvalue weighted by Crippen LogP contribution is -2.29. The van der Waals surface area contributed by atoms with Gasteiger partial charge >= 0.3 is 0 Å². The molecule has 0 bridgehead atoms. The molecule has 0 aliphatic heterocycles. The number of thiophene rings is 1. The van der Waals surface area contributed by atoms with Gasteiger partial charge < -0.3 is 5.32 Å². The predicted octanol–water partition coefficient (Wildman–Crippen LogP) is 3.73. The molecular formula is C14H16INS. The second-order valence-corrected chi connectivity index (χ2v) is 6.38. The largest absolute Gasteiger partial charge is 0.316 e. The summed E-state index contributed by atoms with van der Waals surface area (Å²) in [5.41, 5.74) is 1.40. The van der Waals surface area contributed by atoms with Crippen LogP contribution in [0.4, 0.5) is 0 Å². The molecule has 90 valence electrons. The fraction of sp³-hybridized carbons (Fsp3) is 0.286. The summed E-state index contributed by atoms with van der Waals surface area (Å²) in [6, 6.07) is 13.7. The molecule has 0 aliphatic carbocycles. The Kier molecular flexibility index (Phi) is 5.00. The van der Waals surface area contributed by atoms with Crippen molar-refractivity contribution in [3.63, 3.8) is 0 Å². The fourth-order valence-electron chi connectivity index (χ4n) is 1.85. The Bertz CT molecular complexity index is 436. The third kappa shape index (κ3) is 4.08. The van der Waals surface area contributed by atoms with Crippen LogP contribution in [0.1, 0.15) is 10.4 Å². The molecule has 1 atom stereocenters. The first-order valence-corrected chi connectivity index (χ1v) is 7.68. The van der Waals surface area contributed by atoms with E-state index in [9.17, 15) is 0 Å². The summed E-state index contributed by atoms with van der Waals surface area (Å²) in [6.45, 7) is 0. The summed E-state index contributed by atoms with van der Waals surface area (Å²) in [7, 11) is 2.05. The van der Waals surface area contributed by atoms with Crippen LogP contribution in [0.25, 0.3) is 0 Å². The minimum atomic E-state index is 0.522. The van der Waals surface area contributed by atoms with Gasteiger partial charge in [-0.2, -0.15) is 0 Å². The van der Waals surface area contributed by atoms with E-state index in [2.05, 4.69) is 69.7 Å². The number of likely N-dealkylation sites (N-methyl/N-ethyl adjacent to an activating group) is 1. The molecule has 1 nitrogen and oxygen atoms in total. The Morgan fingerprint density at radius 3 is 2.53 bits per heavy atom. The maximum atomic E-state index is 3.41. The van der Waals surface area contributed by atoms with Gasteiger partial charge in [-0.25, -0.2) is 0 Å². The highest BCUT2D eigenvalue weighted by Crippen LogP contribution is 2.14. The van der Waals surface area contributed by atoms with E-state index in [0.29, 0.717) is 6.04 Å². The van der Waals surface area contributed by atoms with Gasteiger partial charge in [-0.15, -0.1) is 11.3 Å². The quantitative estimate of drug-likeness (QED) is 0.805. The Balaban J connectivity index is 1.97. The molecule has 1 heterocycles. The molecule has 0 fully saturated rings. The Morgan fingerprint density at radius 1 is 1.18 bits per heavy atom. The molecule has 0 spiro atoms. The minimum absolute atomic E-state index is 0.522. The van der Waals surface area contributed by atoms with Crippen LogP contribution >= 0.6 is 33.9 Å². The second-order valence-electron chi connectivity index (χ2n) is 4.10. The van der Waals surface area contributed by atoms with Crippen LogP contribution in [0.2, 0.25) is 0 Å². The number of nitrogens with one attached hydrogen (secondary N) is 1. The van der Waals surface area contributed by atoms with Gasteiger partial charge in [0.05, 0.1) is 0 Å². The molecule has 0 radical (unpaired) electrons. The lowest BCUT2D eigenvalue weighted by atomic mass is 10.0. The SMILES string of the molecule is CNC(Cc1ccc(I)cc1)Cc1cccs1. The van der Waals surface area contributed by atoms with Gasteiger partial charge in [-0.1, -0.05) is 18.2 Å². The third-order valence-corrected chi connectivity index (χ3v) is 4.45. The first-order valence-electron chi connectivity index (χ1n) is 5.72. The van der Waals surface area contributed by atoms with E-state index in [4.69, 9.17) is 0 Å². The smallest absolute Gasteiger partial charge is 0.0153 e. The number of benzene rings is 1. The molecular weight excluding hydrogens is 341 g/mol. The highest BCUT2D eigenvalue weighted by atomic mass is 127. The normalized spacial score (nSPS) is 12.6. The number of rotatable bonds is 5. The van der Waals surface area contributed by atoms with E-state index in [1.165, 1.54) is 14.0 Å². The second kappa shape index (κ2) is 6.52. The van der Waals surface area contributed by atoms with Gasteiger partial charge in [-0.3, -0.25) is 0 Å². The molecule has 1 N–H and O–H groups in total. The maximum Gasteiger partial charge on any atom is 0.0153 e. The Morgan fingerprint density at radius 2 is 1.94 bits per heavy atom. The van der Waals surface area contributed by atoms with E-state index in [-0.39, 0.29) is 0 Å². The Hall–Kier alpha value is -0.390. The summed E-state index contributed by atoms with van der Waals surface area (Å²) in [4.78, 5) is 1.45. The van der Waals surface area contributed by atoms with Crippen molar-refractivity contribution in [1.82, 2.24) is 5.32 Å². The summed E-state index contributed by atoms with van der Waals surface area (Å²) in [6.07, 6.45) is 2.20.